The predicted molar refractivity (Wildman–Crippen MR) is 73.2 cm³/mol. The van der Waals surface area contributed by atoms with Crippen LogP contribution in [-0.2, 0) is 6.42 Å². The van der Waals surface area contributed by atoms with Crippen molar-refractivity contribution in [3.05, 3.63) is 51.8 Å². The van der Waals surface area contributed by atoms with Crippen LogP contribution < -0.4 is 0 Å². The number of nitrogens with zero attached hydrogens (tertiary/aromatic N) is 2. The van der Waals surface area contributed by atoms with Gasteiger partial charge < -0.3 is 4.98 Å². The molecule has 2 aromatic heterocycles. The summed E-state index contributed by atoms with van der Waals surface area (Å²) in [6.07, 6.45) is 5.33. The summed E-state index contributed by atoms with van der Waals surface area (Å²) in [6, 6.07) is 6.16. The van der Waals surface area contributed by atoms with Crippen LogP contribution in [0.3, 0.4) is 0 Å². The number of pyridine rings is 1. The number of aromatic nitrogens is 3. The van der Waals surface area contributed by atoms with Gasteiger partial charge in [-0.2, -0.15) is 0 Å². The molecule has 2 heterocycles. The van der Waals surface area contributed by atoms with Crippen molar-refractivity contribution in [2.45, 2.75) is 32.1 Å². The molecule has 1 atom stereocenters. The molecule has 3 nitrogen and oxygen atoms in total. The fraction of sp³-hybridized carbons (Fsp3) is 0.357. The van der Waals surface area contributed by atoms with Gasteiger partial charge in [0.05, 0.1) is 5.69 Å². The third-order valence-electron chi connectivity index (χ3n) is 3.45. The van der Waals surface area contributed by atoms with Gasteiger partial charge in [-0.25, -0.2) is 4.98 Å². The SMILES string of the molecule is Cc1nc(=S)cc(C2CCCc3cccnc32)[nH]1. The molecular formula is C14H15N3S. The summed E-state index contributed by atoms with van der Waals surface area (Å²) in [5.41, 5.74) is 3.70. The number of aryl methyl sites for hydroxylation is 2. The lowest BCUT2D eigenvalue weighted by atomic mass is 9.84. The normalized spacial score (nSPS) is 18.4. The molecule has 0 amide bonds. The summed E-state index contributed by atoms with van der Waals surface area (Å²) >= 11 is 5.20. The third-order valence-corrected chi connectivity index (χ3v) is 3.66. The molecule has 1 unspecified atom stereocenters. The average molecular weight is 257 g/mol. The number of hydrogen-bond acceptors (Lipinski definition) is 3. The molecule has 0 saturated carbocycles. The Kier molecular flexibility index (Phi) is 2.96. The van der Waals surface area contributed by atoms with Crippen LogP contribution in [0.4, 0.5) is 0 Å². The van der Waals surface area contributed by atoms with Gasteiger partial charge in [-0.15, -0.1) is 0 Å². The maximum Gasteiger partial charge on any atom is 0.129 e. The number of fused-ring (bicyclic) bond motifs is 1. The number of rotatable bonds is 1. The van der Waals surface area contributed by atoms with Gasteiger partial charge in [0.25, 0.3) is 0 Å². The Morgan fingerprint density at radius 1 is 1.44 bits per heavy atom. The first-order valence-electron chi connectivity index (χ1n) is 6.25. The van der Waals surface area contributed by atoms with E-state index in [4.69, 9.17) is 12.2 Å². The molecule has 0 bridgehead atoms. The largest absolute Gasteiger partial charge is 0.347 e. The molecular weight excluding hydrogens is 242 g/mol. The van der Waals surface area contributed by atoms with Crippen molar-refractivity contribution in [1.82, 2.24) is 15.0 Å². The smallest absolute Gasteiger partial charge is 0.129 e. The molecule has 4 heteroatoms. The molecule has 0 aromatic carbocycles. The molecule has 1 aliphatic carbocycles. The van der Waals surface area contributed by atoms with Gasteiger partial charge in [0.2, 0.25) is 0 Å². The molecule has 1 aliphatic rings. The van der Waals surface area contributed by atoms with E-state index in [1.165, 1.54) is 17.7 Å². The maximum atomic E-state index is 5.20. The Hall–Kier alpha value is -1.55. The van der Waals surface area contributed by atoms with Crippen LogP contribution in [0.5, 0.6) is 0 Å². The fourth-order valence-corrected chi connectivity index (χ4v) is 2.97. The van der Waals surface area contributed by atoms with Crippen molar-refractivity contribution in [2.75, 3.05) is 0 Å². The zero-order valence-corrected chi connectivity index (χ0v) is 11.1. The van der Waals surface area contributed by atoms with Crippen LogP contribution in [0, 0.1) is 11.6 Å². The first-order valence-corrected chi connectivity index (χ1v) is 6.66. The predicted octanol–water partition coefficient (Wildman–Crippen LogP) is 3.31. The maximum absolute atomic E-state index is 5.20. The summed E-state index contributed by atoms with van der Waals surface area (Å²) in [5, 5.41) is 0. The second kappa shape index (κ2) is 4.61. The van der Waals surface area contributed by atoms with Gasteiger partial charge >= 0.3 is 0 Å². The van der Waals surface area contributed by atoms with E-state index in [2.05, 4.69) is 21.0 Å². The van der Waals surface area contributed by atoms with Gasteiger partial charge in [-0.05, 0) is 43.9 Å². The monoisotopic (exact) mass is 257 g/mol. The molecule has 18 heavy (non-hydrogen) atoms. The van der Waals surface area contributed by atoms with E-state index in [-0.39, 0.29) is 0 Å². The summed E-state index contributed by atoms with van der Waals surface area (Å²) in [6.45, 7) is 1.95. The summed E-state index contributed by atoms with van der Waals surface area (Å²) in [7, 11) is 0. The van der Waals surface area contributed by atoms with Crippen LogP contribution in [0.25, 0.3) is 0 Å². The quantitative estimate of drug-likeness (QED) is 0.797. The molecule has 1 N–H and O–H groups in total. The third kappa shape index (κ3) is 2.08. The van der Waals surface area contributed by atoms with Crippen molar-refractivity contribution in [2.24, 2.45) is 0 Å². The topological polar surface area (TPSA) is 41.6 Å². The molecule has 0 spiro atoms. The van der Waals surface area contributed by atoms with Crippen LogP contribution in [-0.4, -0.2) is 15.0 Å². The lowest BCUT2D eigenvalue weighted by Gasteiger charge is -2.24. The minimum Gasteiger partial charge on any atom is -0.347 e. The van der Waals surface area contributed by atoms with Crippen molar-refractivity contribution < 1.29 is 0 Å². The van der Waals surface area contributed by atoms with Gasteiger partial charge in [-0.1, -0.05) is 18.3 Å². The zero-order chi connectivity index (χ0) is 12.5. The summed E-state index contributed by atoms with van der Waals surface area (Å²) < 4.78 is 0.657. The van der Waals surface area contributed by atoms with Gasteiger partial charge in [-0.3, -0.25) is 4.98 Å². The van der Waals surface area contributed by atoms with E-state index < -0.39 is 0 Å². The lowest BCUT2D eigenvalue weighted by molar-refractivity contribution is 0.584. The summed E-state index contributed by atoms with van der Waals surface area (Å²) in [5.74, 6) is 1.21. The van der Waals surface area contributed by atoms with Crippen LogP contribution in [0.15, 0.2) is 24.4 Å². The van der Waals surface area contributed by atoms with Crippen LogP contribution >= 0.6 is 12.2 Å². The van der Waals surface area contributed by atoms with E-state index in [0.29, 0.717) is 10.6 Å². The fourth-order valence-electron chi connectivity index (χ4n) is 2.70. The highest BCUT2D eigenvalue weighted by Gasteiger charge is 2.23. The molecule has 0 aliphatic heterocycles. The molecule has 0 fully saturated rings. The van der Waals surface area contributed by atoms with E-state index in [1.54, 1.807) is 0 Å². The Labute approximate surface area is 111 Å². The van der Waals surface area contributed by atoms with Gasteiger partial charge in [0.15, 0.2) is 0 Å². The molecule has 2 aromatic rings. The van der Waals surface area contributed by atoms with Crippen molar-refractivity contribution in [1.29, 1.82) is 0 Å². The highest BCUT2D eigenvalue weighted by molar-refractivity contribution is 7.71. The Bertz CT molecular complexity index is 633. The minimum atomic E-state index is 0.332. The van der Waals surface area contributed by atoms with Gasteiger partial charge in [0, 0.05) is 17.8 Å². The number of hydrogen-bond donors (Lipinski definition) is 1. The second-order valence-electron chi connectivity index (χ2n) is 4.75. The van der Waals surface area contributed by atoms with Crippen LogP contribution in [0.2, 0.25) is 0 Å². The first-order chi connectivity index (χ1) is 8.74. The summed E-state index contributed by atoms with van der Waals surface area (Å²) in [4.78, 5) is 12.1. The molecule has 92 valence electrons. The van der Waals surface area contributed by atoms with E-state index in [0.717, 1.165) is 24.4 Å². The van der Waals surface area contributed by atoms with Crippen molar-refractivity contribution >= 4 is 12.2 Å². The van der Waals surface area contributed by atoms with E-state index in [1.807, 2.05) is 25.3 Å². The average Bonchev–Trinajstić information content (AvgIpc) is 2.37. The Balaban J connectivity index is 2.11. The minimum absolute atomic E-state index is 0.332. The Morgan fingerprint density at radius 3 is 3.17 bits per heavy atom. The zero-order valence-electron chi connectivity index (χ0n) is 10.3. The highest BCUT2D eigenvalue weighted by Crippen LogP contribution is 2.34. The van der Waals surface area contributed by atoms with E-state index >= 15 is 0 Å². The van der Waals surface area contributed by atoms with Gasteiger partial charge in [0.1, 0.15) is 10.5 Å². The lowest BCUT2D eigenvalue weighted by Crippen LogP contribution is -2.14. The Morgan fingerprint density at radius 2 is 2.33 bits per heavy atom. The van der Waals surface area contributed by atoms with E-state index in [9.17, 15) is 0 Å². The molecule has 0 radical (unpaired) electrons. The standard InChI is InChI=1S/C14H15N3S/c1-9-16-12(8-13(18)17-9)11-6-2-4-10-5-3-7-15-14(10)11/h3,5,7-8,11H,2,4,6H2,1H3,(H,16,17,18). The highest BCUT2D eigenvalue weighted by atomic mass is 32.1. The first kappa shape index (κ1) is 11.5. The van der Waals surface area contributed by atoms with Crippen molar-refractivity contribution in [3.63, 3.8) is 0 Å². The molecule has 3 rings (SSSR count). The molecule has 0 saturated heterocycles. The second-order valence-corrected chi connectivity index (χ2v) is 5.17. The number of H-pyrrole nitrogens is 1. The van der Waals surface area contributed by atoms with Crippen molar-refractivity contribution in [3.8, 4) is 0 Å². The van der Waals surface area contributed by atoms with Crippen LogP contribution in [0.1, 0.15) is 41.5 Å². The number of aromatic amines is 1. The number of nitrogens with one attached hydrogen (secondary N) is 1.